The number of nitrogens with zero attached hydrogens (tertiary/aromatic N) is 1. The van der Waals surface area contributed by atoms with Gasteiger partial charge in [-0.05, 0) is 63.3 Å². The molecule has 2 heteroatoms. The quantitative estimate of drug-likeness (QED) is 0.790. The summed E-state index contributed by atoms with van der Waals surface area (Å²) in [5.74, 6) is 3.13. The van der Waals surface area contributed by atoms with E-state index < -0.39 is 0 Å². The molecule has 0 radical (unpaired) electrons. The van der Waals surface area contributed by atoms with Crippen molar-refractivity contribution in [1.82, 2.24) is 4.90 Å². The summed E-state index contributed by atoms with van der Waals surface area (Å²) >= 11 is 0. The molecule has 0 spiro atoms. The lowest BCUT2D eigenvalue weighted by molar-refractivity contribution is 0.0264. The molecule has 3 rings (SSSR count). The summed E-state index contributed by atoms with van der Waals surface area (Å²) in [6, 6.07) is 0. The zero-order valence-corrected chi connectivity index (χ0v) is 10.6. The fourth-order valence-corrected chi connectivity index (χ4v) is 4.47. The van der Waals surface area contributed by atoms with Gasteiger partial charge in [-0.25, -0.2) is 0 Å². The van der Waals surface area contributed by atoms with Crippen molar-refractivity contribution in [1.29, 1.82) is 0 Å². The van der Waals surface area contributed by atoms with Crippen LogP contribution in [-0.4, -0.2) is 30.6 Å². The molecule has 2 bridgehead atoms. The van der Waals surface area contributed by atoms with Crippen molar-refractivity contribution in [2.24, 2.45) is 23.5 Å². The Kier molecular flexibility index (Phi) is 2.75. The van der Waals surface area contributed by atoms with Gasteiger partial charge in [-0.1, -0.05) is 6.42 Å². The lowest BCUT2D eigenvalue weighted by Gasteiger charge is -2.49. The Morgan fingerprint density at radius 3 is 2.50 bits per heavy atom. The molecule has 3 fully saturated rings. The fraction of sp³-hybridized carbons (Fsp3) is 1.00. The number of nitrogens with two attached hydrogens (primary N) is 1. The highest BCUT2D eigenvalue weighted by atomic mass is 15.2. The molecule has 3 unspecified atom stereocenters. The molecule has 3 atom stereocenters. The average molecular weight is 222 g/mol. The second-order valence-electron chi connectivity index (χ2n) is 6.60. The Morgan fingerprint density at radius 2 is 2.06 bits per heavy atom. The van der Waals surface area contributed by atoms with Crippen molar-refractivity contribution >= 4 is 0 Å². The topological polar surface area (TPSA) is 29.3 Å². The summed E-state index contributed by atoms with van der Waals surface area (Å²) in [5.41, 5.74) is 6.37. The molecule has 0 aromatic heterocycles. The molecule has 0 heterocycles. The van der Waals surface area contributed by atoms with Crippen LogP contribution < -0.4 is 5.73 Å². The molecule has 3 saturated carbocycles. The van der Waals surface area contributed by atoms with Crippen molar-refractivity contribution in [3.8, 4) is 0 Å². The Balaban J connectivity index is 1.58. The van der Waals surface area contributed by atoms with Gasteiger partial charge in [-0.15, -0.1) is 0 Å². The van der Waals surface area contributed by atoms with Crippen LogP contribution in [0.3, 0.4) is 0 Å². The van der Waals surface area contributed by atoms with E-state index in [0.717, 1.165) is 24.3 Å². The summed E-state index contributed by atoms with van der Waals surface area (Å²) in [4.78, 5) is 2.61. The first-order valence-electron chi connectivity index (χ1n) is 7.15. The highest BCUT2D eigenvalue weighted by Crippen LogP contribution is 2.49. The van der Waals surface area contributed by atoms with Crippen LogP contribution in [0.2, 0.25) is 0 Å². The molecule has 2 nitrogen and oxygen atoms in total. The number of hydrogen-bond acceptors (Lipinski definition) is 2. The van der Waals surface area contributed by atoms with E-state index in [1.54, 1.807) is 0 Å². The number of hydrogen-bond donors (Lipinski definition) is 1. The minimum Gasteiger partial charge on any atom is -0.329 e. The monoisotopic (exact) mass is 222 g/mol. The van der Waals surface area contributed by atoms with Gasteiger partial charge < -0.3 is 5.73 Å². The summed E-state index contributed by atoms with van der Waals surface area (Å²) in [5, 5.41) is 0. The van der Waals surface area contributed by atoms with Crippen LogP contribution in [0, 0.1) is 17.8 Å². The predicted molar refractivity (Wildman–Crippen MR) is 67.2 cm³/mol. The van der Waals surface area contributed by atoms with Crippen LogP contribution in [0.1, 0.15) is 44.9 Å². The van der Waals surface area contributed by atoms with E-state index in [4.69, 9.17) is 5.73 Å². The second kappa shape index (κ2) is 3.99. The van der Waals surface area contributed by atoms with E-state index >= 15 is 0 Å². The Labute approximate surface area is 99.6 Å². The van der Waals surface area contributed by atoms with E-state index in [1.165, 1.54) is 51.5 Å². The molecule has 0 aromatic rings. The second-order valence-corrected chi connectivity index (χ2v) is 6.60. The van der Waals surface area contributed by atoms with Gasteiger partial charge in [-0.2, -0.15) is 0 Å². The first-order chi connectivity index (χ1) is 7.73. The van der Waals surface area contributed by atoms with Crippen molar-refractivity contribution in [3.63, 3.8) is 0 Å². The van der Waals surface area contributed by atoms with Crippen LogP contribution in [0.25, 0.3) is 0 Å². The maximum absolute atomic E-state index is 5.98. The third kappa shape index (κ3) is 1.62. The normalized spacial score (nSPS) is 40.3. The van der Waals surface area contributed by atoms with Crippen molar-refractivity contribution < 1.29 is 0 Å². The lowest BCUT2D eigenvalue weighted by Crippen LogP contribution is -2.58. The molecule has 92 valence electrons. The number of fused-ring (bicyclic) bond motifs is 2. The van der Waals surface area contributed by atoms with Crippen molar-refractivity contribution in [3.05, 3.63) is 0 Å². The maximum atomic E-state index is 5.98. The molecule has 0 aliphatic heterocycles. The van der Waals surface area contributed by atoms with Gasteiger partial charge in [-0.3, -0.25) is 4.90 Å². The average Bonchev–Trinajstić information content (AvgIpc) is 2.78. The zero-order chi connectivity index (χ0) is 11.2. The Bertz CT molecular complexity index is 254. The molecule has 2 N–H and O–H groups in total. The van der Waals surface area contributed by atoms with E-state index in [2.05, 4.69) is 11.9 Å². The van der Waals surface area contributed by atoms with Crippen LogP contribution in [0.4, 0.5) is 0 Å². The van der Waals surface area contributed by atoms with Gasteiger partial charge in [0.1, 0.15) is 0 Å². The molecule has 0 aromatic carbocycles. The lowest BCUT2D eigenvalue weighted by atomic mass is 9.74. The van der Waals surface area contributed by atoms with Crippen LogP contribution >= 0.6 is 0 Å². The van der Waals surface area contributed by atoms with E-state index in [9.17, 15) is 0 Å². The maximum Gasteiger partial charge on any atom is 0.0328 e. The summed E-state index contributed by atoms with van der Waals surface area (Å²) < 4.78 is 0. The summed E-state index contributed by atoms with van der Waals surface area (Å²) in [7, 11) is 2.32. The largest absolute Gasteiger partial charge is 0.329 e. The molecule has 3 aliphatic carbocycles. The minimum absolute atomic E-state index is 0.391. The molecule has 3 aliphatic rings. The first kappa shape index (κ1) is 11.0. The predicted octanol–water partition coefficient (Wildman–Crippen LogP) is 2.24. The standard InChI is InChI=1S/C14H26N2/c1-16(14(10-15)5-2-6-14)9-13-8-11-3-4-12(13)7-11/h11-13H,2-10,15H2,1H3. The van der Waals surface area contributed by atoms with Crippen LogP contribution in [0.5, 0.6) is 0 Å². The zero-order valence-electron chi connectivity index (χ0n) is 10.6. The smallest absolute Gasteiger partial charge is 0.0328 e. The fourth-order valence-electron chi connectivity index (χ4n) is 4.47. The van der Waals surface area contributed by atoms with Crippen LogP contribution in [0.15, 0.2) is 0 Å². The summed E-state index contributed by atoms with van der Waals surface area (Å²) in [6.45, 7) is 2.18. The van der Waals surface area contributed by atoms with E-state index in [1.807, 2.05) is 0 Å². The molecule has 0 amide bonds. The van der Waals surface area contributed by atoms with Gasteiger partial charge in [0.25, 0.3) is 0 Å². The van der Waals surface area contributed by atoms with E-state index in [0.29, 0.717) is 5.54 Å². The Hall–Kier alpha value is -0.0800. The van der Waals surface area contributed by atoms with Crippen molar-refractivity contribution in [2.45, 2.75) is 50.5 Å². The van der Waals surface area contributed by atoms with Crippen LogP contribution in [-0.2, 0) is 0 Å². The van der Waals surface area contributed by atoms with Gasteiger partial charge in [0.15, 0.2) is 0 Å². The number of rotatable bonds is 4. The SMILES string of the molecule is CN(CC1CC2CCC1C2)C1(CN)CCC1. The number of likely N-dealkylation sites (N-methyl/N-ethyl adjacent to an activating group) is 1. The van der Waals surface area contributed by atoms with Gasteiger partial charge >= 0.3 is 0 Å². The molecule has 0 saturated heterocycles. The molecular weight excluding hydrogens is 196 g/mol. The molecule has 16 heavy (non-hydrogen) atoms. The molecular formula is C14H26N2. The van der Waals surface area contributed by atoms with E-state index in [-0.39, 0.29) is 0 Å². The Morgan fingerprint density at radius 1 is 1.25 bits per heavy atom. The third-order valence-corrected chi connectivity index (χ3v) is 5.87. The highest BCUT2D eigenvalue weighted by molar-refractivity contribution is 5.00. The van der Waals surface area contributed by atoms with Gasteiger partial charge in [0.05, 0.1) is 0 Å². The summed E-state index contributed by atoms with van der Waals surface area (Å²) in [6.07, 6.45) is 10.1. The minimum atomic E-state index is 0.391. The van der Waals surface area contributed by atoms with Crippen molar-refractivity contribution in [2.75, 3.05) is 20.1 Å². The highest BCUT2D eigenvalue weighted by Gasteiger charge is 2.44. The van der Waals surface area contributed by atoms with Gasteiger partial charge in [0, 0.05) is 18.6 Å². The first-order valence-corrected chi connectivity index (χ1v) is 7.15. The third-order valence-electron chi connectivity index (χ3n) is 5.87. The van der Waals surface area contributed by atoms with Gasteiger partial charge in [0.2, 0.25) is 0 Å².